The van der Waals surface area contributed by atoms with E-state index in [1.54, 1.807) is 73.1 Å². The first-order valence-corrected chi connectivity index (χ1v) is 14.7. The van der Waals surface area contributed by atoms with Crippen molar-refractivity contribution in [3.8, 4) is 28.6 Å². The summed E-state index contributed by atoms with van der Waals surface area (Å²) in [5.74, 6) is 0. The second kappa shape index (κ2) is 10.5. The number of benzene rings is 5. The van der Waals surface area contributed by atoms with Gasteiger partial charge in [-0.05, 0) is 72.8 Å². The Labute approximate surface area is 268 Å². The first kappa shape index (κ1) is 29.3. The van der Waals surface area contributed by atoms with E-state index in [4.69, 9.17) is 0 Å². The first-order chi connectivity index (χ1) is 23.0. The zero-order chi connectivity index (χ0) is 33.4. The van der Waals surface area contributed by atoms with Gasteiger partial charge in [-0.25, -0.2) is 0 Å². The number of fused-ring (bicyclic) bond motifs is 6. The molecule has 3 heterocycles. The molecule has 0 saturated carbocycles. The Morgan fingerprint density at radius 1 is 0.521 bits per heavy atom. The molecule has 3 aromatic heterocycles. The third-order valence-electron chi connectivity index (χ3n) is 8.70. The van der Waals surface area contributed by atoms with E-state index in [1.807, 2.05) is 21.3 Å². The zero-order valence-electron chi connectivity index (χ0n) is 24.6. The molecule has 5 aromatic carbocycles. The van der Waals surface area contributed by atoms with Crippen molar-refractivity contribution in [3.63, 3.8) is 0 Å². The average molecular weight is 647 g/mol. The number of hydrogen-bond donors (Lipinski definition) is 0. The van der Waals surface area contributed by atoms with Crippen molar-refractivity contribution < 1.29 is 26.3 Å². The Bertz CT molecular complexity index is 2620. The summed E-state index contributed by atoms with van der Waals surface area (Å²) < 4.78 is 86.5. The van der Waals surface area contributed by atoms with Gasteiger partial charge in [0, 0.05) is 45.1 Å². The van der Waals surface area contributed by atoms with E-state index in [-0.39, 0.29) is 0 Å². The van der Waals surface area contributed by atoms with Gasteiger partial charge in [0.25, 0.3) is 0 Å². The van der Waals surface area contributed by atoms with Crippen molar-refractivity contribution in [2.45, 2.75) is 12.4 Å². The number of nitriles is 1. The fraction of sp³-hybridized carbons (Fsp3) is 0.0526. The smallest absolute Gasteiger partial charge is 0.309 e. The monoisotopic (exact) mass is 646 g/mol. The summed E-state index contributed by atoms with van der Waals surface area (Å²) in [6.07, 6.45) is -5.87. The fourth-order valence-corrected chi connectivity index (χ4v) is 6.62. The zero-order valence-corrected chi connectivity index (χ0v) is 24.6. The highest BCUT2D eigenvalue weighted by Crippen LogP contribution is 2.43. The molecule has 234 valence electrons. The van der Waals surface area contributed by atoms with Gasteiger partial charge in [0.1, 0.15) is 0 Å². The molecule has 0 unspecified atom stereocenters. The predicted octanol–water partition coefficient (Wildman–Crippen LogP) is 10.9. The van der Waals surface area contributed by atoms with Crippen LogP contribution in [0, 0.1) is 11.3 Å². The second-order valence-electron chi connectivity index (χ2n) is 11.4. The van der Waals surface area contributed by atoms with E-state index in [1.165, 1.54) is 12.1 Å². The topological polar surface area (TPSA) is 46.5 Å². The molecule has 4 nitrogen and oxygen atoms in total. The van der Waals surface area contributed by atoms with Gasteiger partial charge < -0.3 is 9.13 Å². The second-order valence-corrected chi connectivity index (χ2v) is 11.4. The molecule has 0 N–H and O–H groups in total. The molecular formula is C38H20F6N4. The Morgan fingerprint density at radius 2 is 1.02 bits per heavy atom. The molecule has 0 amide bonds. The maximum atomic E-state index is 13.8. The van der Waals surface area contributed by atoms with E-state index in [9.17, 15) is 31.6 Å². The van der Waals surface area contributed by atoms with Crippen LogP contribution in [0.15, 0.2) is 122 Å². The highest BCUT2D eigenvalue weighted by atomic mass is 19.4. The van der Waals surface area contributed by atoms with Crippen molar-refractivity contribution >= 4 is 43.6 Å². The van der Waals surface area contributed by atoms with Crippen LogP contribution in [0.4, 0.5) is 26.3 Å². The summed E-state index contributed by atoms with van der Waals surface area (Å²) in [6.45, 7) is 0. The summed E-state index contributed by atoms with van der Waals surface area (Å²) in [7, 11) is 0. The lowest BCUT2D eigenvalue weighted by Crippen LogP contribution is -2.05. The molecule has 0 fully saturated rings. The summed E-state index contributed by atoms with van der Waals surface area (Å²) in [5, 5.41) is 12.0. The van der Waals surface area contributed by atoms with Crippen LogP contribution in [-0.4, -0.2) is 14.1 Å². The Hall–Kier alpha value is -6.08. The van der Waals surface area contributed by atoms with Crippen molar-refractivity contribution in [1.29, 1.82) is 5.26 Å². The number of nitrogens with zero attached hydrogens (tertiary/aromatic N) is 4. The maximum absolute atomic E-state index is 13.8. The summed E-state index contributed by atoms with van der Waals surface area (Å²) in [5.41, 5.74) is 3.45. The van der Waals surface area contributed by atoms with Gasteiger partial charge in [-0.3, -0.25) is 4.98 Å². The van der Waals surface area contributed by atoms with Gasteiger partial charge in [0.05, 0.1) is 56.2 Å². The van der Waals surface area contributed by atoms with E-state index >= 15 is 0 Å². The summed E-state index contributed by atoms with van der Waals surface area (Å²) >= 11 is 0. The lowest BCUT2D eigenvalue weighted by molar-refractivity contribution is -0.138. The molecule has 0 radical (unpaired) electrons. The quantitative estimate of drug-likeness (QED) is 0.179. The SMILES string of the molecule is N#Cc1ccc(-n2c3ccccc3c3cc(C(F)(F)F)ccc32)c(-c2cnccc2-n2c3ccccc3c3cc(C(F)(F)F)ccc32)c1. The molecule has 0 saturated heterocycles. The number of pyridine rings is 1. The highest BCUT2D eigenvalue weighted by molar-refractivity contribution is 6.11. The number of halogens is 6. The van der Waals surface area contributed by atoms with E-state index < -0.39 is 23.5 Å². The summed E-state index contributed by atoms with van der Waals surface area (Å²) in [6, 6.07) is 30.6. The molecule has 8 aromatic rings. The van der Waals surface area contributed by atoms with Crippen LogP contribution < -0.4 is 0 Å². The third kappa shape index (κ3) is 4.50. The van der Waals surface area contributed by atoms with Gasteiger partial charge in [0.2, 0.25) is 0 Å². The summed E-state index contributed by atoms with van der Waals surface area (Å²) in [4.78, 5) is 4.40. The Morgan fingerprint density at radius 3 is 1.54 bits per heavy atom. The molecule has 8 rings (SSSR count). The first-order valence-electron chi connectivity index (χ1n) is 14.7. The molecule has 10 heteroatoms. The molecule has 0 bridgehead atoms. The van der Waals surface area contributed by atoms with Gasteiger partial charge >= 0.3 is 12.4 Å². The number of aromatic nitrogens is 3. The molecule has 0 aliphatic rings. The molecule has 0 aliphatic carbocycles. The Balaban J connectivity index is 1.45. The lowest BCUT2D eigenvalue weighted by Gasteiger charge is -2.18. The van der Waals surface area contributed by atoms with E-state index in [2.05, 4.69) is 11.1 Å². The highest BCUT2D eigenvalue weighted by Gasteiger charge is 2.32. The van der Waals surface area contributed by atoms with Crippen LogP contribution in [0.3, 0.4) is 0 Å². The van der Waals surface area contributed by atoms with Gasteiger partial charge in [0.15, 0.2) is 0 Å². The average Bonchev–Trinajstić information content (AvgIpc) is 3.59. The van der Waals surface area contributed by atoms with Crippen LogP contribution in [0.5, 0.6) is 0 Å². The third-order valence-corrected chi connectivity index (χ3v) is 8.70. The molecule has 0 spiro atoms. The van der Waals surface area contributed by atoms with E-state index in [0.717, 1.165) is 24.3 Å². The van der Waals surface area contributed by atoms with E-state index in [0.29, 0.717) is 71.7 Å². The van der Waals surface area contributed by atoms with Crippen molar-refractivity contribution in [1.82, 2.24) is 14.1 Å². The number of para-hydroxylation sites is 2. The molecule has 48 heavy (non-hydrogen) atoms. The Kier molecular flexibility index (Phi) is 6.40. The number of alkyl halides is 6. The van der Waals surface area contributed by atoms with Gasteiger partial charge in [-0.1, -0.05) is 36.4 Å². The van der Waals surface area contributed by atoms with Crippen molar-refractivity contribution in [3.05, 3.63) is 138 Å². The normalized spacial score (nSPS) is 12.4. The molecule has 0 atom stereocenters. The van der Waals surface area contributed by atoms with Crippen LogP contribution >= 0.6 is 0 Å². The van der Waals surface area contributed by atoms with Crippen LogP contribution in [0.2, 0.25) is 0 Å². The largest absolute Gasteiger partial charge is 0.416 e. The number of rotatable bonds is 3. The molecular weight excluding hydrogens is 626 g/mol. The van der Waals surface area contributed by atoms with Gasteiger partial charge in [-0.2, -0.15) is 31.6 Å². The standard InChI is InChI=1S/C38H20F6N4/c39-37(40,41)23-10-13-34-28(18-23)25-5-1-3-7-31(25)47(34)33-12-9-22(20-45)17-27(33)30-21-46-16-15-36(30)48-32-8-4-2-6-26(32)29-19-24(38(42,43)44)11-14-35(29)48/h1-19,21H. The fourth-order valence-electron chi connectivity index (χ4n) is 6.62. The minimum absolute atomic E-state index is 0.334. The maximum Gasteiger partial charge on any atom is 0.416 e. The van der Waals surface area contributed by atoms with Crippen LogP contribution in [-0.2, 0) is 12.4 Å². The van der Waals surface area contributed by atoms with Crippen LogP contribution in [0.1, 0.15) is 16.7 Å². The van der Waals surface area contributed by atoms with Crippen molar-refractivity contribution in [2.24, 2.45) is 0 Å². The lowest BCUT2D eigenvalue weighted by atomic mass is 10.00. The minimum atomic E-state index is -4.54. The predicted molar refractivity (Wildman–Crippen MR) is 173 cm³/mol. The molecule has 0 aliphatic heterocycles. The van der Waals surface area contributed by atoms with Gasteiger partial charge in [-0.15, -0.1) is 0 Å². The minimum Gasteiger partial charge on any atom is -0.309 e. The van der Waals surface area contributed by atoms with Crippen molar-refractivity contribution in [2.75, 3.05) is 0 Å². The number of hydrogen-bond acceptors (Lipinski definition) is 2. The van der Waals surface area contributed by atoms with Crippen LogP contribution in [0.25, 0.3) is 66.1 Å².